The third kappa shape index (κ3) is 11.1. The fourth-order valence-corrected chi connectivity index (χ4v) is 0.967. The number of ether oxygens (including phenoxy) is 1. The molecule has 3 nitrogen and oxygen atoms in total. The number of carbonyl (C=O) groups excluding carboxylic acids is 1. The first kappa shape index (κ1) is 16.6. The molecule has 0 fully saturated rings. The van der Waals surface area contributed by atoms with Crippen molar-refractivity contribution in [3.63, 3.8) is 0 Å². The van der Waals surface area contributed by atoms with E-state index in [0.717, 1.165) is 12.8 Å². The molecule has 0 atom stereocenters. The van der Waals surface area contributed by atoms with Crippen LogP contribution in [0.1, 0.15) is 50.9 Å². The highest BCUT2D eigenvalue weighted by molar-refractivity contribution is 5.89. The van der Waals surface area contributed by atoms with Gasteiger partial charge >= 0.3 is 5.97 Å². The smallest absolute Gasteiger partial charge is 0.338 e. The van der Waals surface area contributed by atoms with E-state index in [1.165, 1.54) is 0 Å². The molecule has 3 heteroatoms. The number of benzene rings is 1. The van der Waals surface area contributed by atoms with E-state index in [4.69, 9.17) is 10.5 Å². The average molecular weight is 251 g/mol. The van der Waals surface area contributed by atoms with Crippen LogP contribution in [-0.4, -0.2) is 18.1 Å². The Morgan fingerprint density at radius 1 is 1.22 bits per heavy atom. The van der Waals surface area contributed by atoms with Crippen LogP contribution in [0.3, 0.4) is 0 Å². The number of rotatable bonds is 4. The van der Waals surface area contributed by atoms with Crippen LogP contribution in [-0.2, 0) is 4.74 Å². The number of esters is 1. The second-order valence-electron chi connectivity index (χ2n) is 5.22. The van der Waals surface area contributed by atoms with Gasteiger partial charge < -0.3 is 10.5 Å². The quantitative estimate of drug-likeness (QED) is 0.659. The lowest BCUT2D eigenvalue weighted by atomic mass is 10.1. The van der Waals surface area contributed by atoms with E-state index in [9.17, 15) is 4.79 Å². The highest BCUT2D eigenvalue weighted by Crippen LogP contribution is 2.01. The van der Waals surface area contributed by atoms with Gasteiger partial charge in [-0.25, -0.2) is 4.79 Å². The van der Waals surface area contributed by atoms with Crippen LogP contribution >= 0.6 is 0 Å². The monoisotopic (exact) mass is 251 g/mol. The van der Waals surface area contributed by atoms with Gasteiger partial charge in [0.25, 0.3) is 0 Å². The lowest BCUT2D eigenvalue weighted by Crippen LogP contribution is -2.26. The van der Waals surface area contributed by atoms with Crippen molar-refractivity contribution in [1.82, 2.24) is 0 Å². The standard InChI is InChI=1S/C11H14O2.C4H11N/c1-2-3-9-13-11(12)10-7-5-4-6-8-10;1-4(2,3)5/h4-8H,2-3,9H2,1H3;5H2,1-3H3. The zero-order valence-electron chi connectivity index (χ0n) is 11.9. The summed E-state index contributed by atoms with van der Waals surface area (Å²) in [7, 11) is 0. The van der Waals surface area contributed by atoms with E-state index in [-0.39, 0.29) is 11.5 Å². The molecule has 2 N–H and O–H groups in total. The maximum Gasteiger partial charge on any atom is 0.338 e. The first-order valence-electron chi connectivity index (χ1n) is 6.35. The van der Waals surface area contributed by atoms with Gasteiger partial charge in [0, 0.05) is 5.54 Å². The Morgan fingerprint density at radius 3 is 2.17 bits per heavy atom. The van der Waals surface area contributed by atoms with E-state index in [1.54, 1.807) is 12.1 Å². The predicted octanol–water partition coefficient (Wildman–Crippen LogP) is 3.39. The van der Waals surface area contributed by atoms with Crippen molar-refractivity contribution in [3.05, 3.63) is 35.9 Å². The van der Waals surface area contributed by atoms with E-state index in [1.807, 2.05) is 39.0 Å². The van der Waals surface area contributed by atoms with Crippen molar-refractivity contribution in [2.75, 3.05) is 6.61 Å². The fourth-order valence-electron chi connectivity index (χ4n) is 0.967. The lowest BCUT2D eigenvalue weighted by Gasteiger charge is -2.06. The van der Waals surface area contributed by atoms with Gasteiger partial charge in [0.2, 0.25) is 0 Å². The van der Waals surface area contributed by atoms with Crippen LogP contribution in [0.25, 0.3) is 0 Å². The second kappa shape index (κ2) is 8.70. The van der Waals surface area contributed by atoms with Crippen molar-refractivity contribution in [1.29, 1.82) is 0 Å². The summed E-state index contributed by atoms with van der Waals surface area (Å²) in [6.07, 6.45) is 1.97. The van der Waals surface area contributed by atoms with E-state index < -0.39 is 0 Å². The Hall–Kier alpha value is -1.35. The minimum atomic E-state index is -0.228. The molecule has 0 aliphatic rings. The molecule has 102 valence electrons. The summed E-state index contributed by atoms with van der Waals surface area (Å²) >= 11 is 0. The first-order chi connectivity index (χ1) is 8.34. The molecular weight excluding hydrogens is 226 g/mol. The summed E-state index contributed by atoms with van der Waals surface area (Å²) < 4.78 is 5.03. The Kier molecular flexibility index (Phi) is 8.05. The van der Waals surface area contributed by atoms with Gasteiger partial charge in [-0.2, -0.15) is 0 Å². The molecule has 0 unspecified atom stereocenters. The molecule has 0 aromatic heterocycles. The molecule has 0 aliphatic heterocycles. The molecule has 1 aromatic rings. The molecule has 1 rings (SSSR count). The van der Waals surface area contributed by atoms with Crippen molar-refractivity contribution in [2.45, 2.75) is 46.1 Å². The molecule has 0 aliphatic carbocycles. The lowest BCUT2D eigenvalue weighted by molar-refractivity contribution is 0.0500. The zero-order chi connectivity index (χ0) is 14.0. The minimum absolute atomic E-state index is 0. The summed E-state index contributed by atoms with van der Waals surface area (Å²) in [5.41, 5.74) is 5.98. The summed E-state index contributed by atoms with van der Waals surface area (Å²) in [5.74, 6) is -0.228. The Balaban J connectivity index is 0.000000494. The maximum atomic E-state index is 11.3. The molecule has 0 bridgehead atoms. The molecule has 0 amide bonds. The SMILES string of the molecule is CC(C)(C)N.CCCCOC(=O)c1ccccc1. The average Bonchev–Trinajstić information content (AvgIpc) is 2.28. The Morgan fingerprint density at radius 2 is 1.72 bits per heavy atom. The number of hydrogen-bond acceptors (Lipinski definition) is 3. The normalized spacial score (nSPS) is 10.3. The van der Waals surface area contributed by atoms with Crippen LogP contribution in [0.2, 0.25) is 0 Å². The molecule has 0 saturated carbocycles. The largest absolute Gasteiger partial charge is 0.462 e. The Labute approximate surface area is 110 Å². The van der Waals surface area contributed by atoms with Gasteiger partial charge in [-0.3, -0.25) is 0 Å². The second-order valence-corrected chi connectivity index (χ2v) is 5.22. The number of carbonyl (C=O) groups is 1. The minimum Gasteiger partial charge on any atom is -0.462 e. The Bertz CT molecular complexity index is 322. The predicted molar refractivity (Wildman–Crippen MR) is 75.6 cm³/mol. The van der Waals surface area contributed by atoms with Crippen LogP contribution in [0.4, 0.5) is 0 Å². The topological polar surface area (TPSA) is 52.3 Å². The maximum absolute atomic E-state index is 11.3. The van der Waals surface area contributed by atoms with Gasteiger partial charge in [-0.05, 0) is 39.3 Å². The van der Waals surface area contributed by atoms with Crippen molar-refractivity contribution in [3.8, 4) is 0 Å². The number of nitrogens with two attached hydrogens (primary N) is 1. The van der Waals surface area contributed by atoms with Gasteiger partial charge in [-0.15, -0.1) is 0 Å². The molecule has 0 saturated heterocycles. The first-order valence-corrected chi connectivity index (χ1v) is 6.35. The highest BCUT2D eigenvalue weighted by atomic mass is 16.5. The fraction of sp³-hybridized carbons (Fsp3) is 0.533. The van der Waals surface area contributed by atoms with Crippen molar-refractivity contribution >= 4 is 5.97 Å². The van der Waals surface area contributed by atoms with Crippen LogP contribution in [0, 0.1) is 0 Å². The van der Waals surface area contributed by atoms with E-state index in [0.29, 0.717) is 12.2 Å². The van der Waals surface area contributed by atoms with Crippen molar-refractivity contribution < 1.29 is 9.53 Å². The molecule has 1 aromatic carbocycles. The molecule has 0 radical (unpaired) electrons. The van der Waals surface area contributed by atoms with Crippen molar-refractivity contribution in [2.24, 2.45) is 5.73 Å². The summed E-state index contributed by atoms with van der Waals surface area (Å²) in [6.45, 7) is 8.48. The molecule has 18 heavy (non-hydrogen) atoms. The molecule has 0 spiro atoms. The zero-order valence-corrected chi connectivity index (χ0v) is 11.9. The summed E-state index contributed by atoms with van der Waals surface area (Å²) in [5, 5.41) is 0. The van der Waals surface area contributed by atoms with Gasteiger partial charge in [0.15, 0.2) is 0 Å². The third-order valence-electron chi connectivity index (χ3n) is 1.74. The van der Waals surface area contributed by atoms with Crippen LogP contribution in [0.5, 0.6) is 0 Å². The third-order valence-corrected chi connectivity index (χ3v) is 1.74. The molecular formula is C15H25NO2. The van der Waals surface area contributed by atoms with Gasteiger partial charge in [0.05, 0.1) is 12.2 Å². The number of hydrogen-bond donors (Lipinski definition) is 1. The van der Waals surface area contributed by atoms with Gasteiger partial charge in [-0.1, -0.05) is 31.5 Å². The van der Waals surface area contributed by atoms with E-state index in [2.05, 4.69) is 6.92 Å². The van der Waals surface area contributed by atoms with Crippen LogP contribution < -0.4 is 5.73 Å². The molecule has 0 heterocycles. The van der Waals surface area contributed by atoms with Crippen LogP contribution in [0.15, 0.2) is 30.3 Å². The number of unbranched alkanes of at least 4 members (excludes halogenated alkanes) is 1. The summed E-state index contributed by atoms with van der Waals surface area (Å²) in [6, 6.07) is 9.05. The van der Waals surface area contributed by atoms with Gasteiger partial charge in [0.1, 0.15) is 0 Å². The highest BCUT2D eigenvalue weighted by Gasteiger charge is 2.03. The van der Waals surface area contributed by atoms with E-state index >= 15 is 0 Å². The summed E-state index contributed by atoms with van der Waals surface area (Å²) in [4.78, 5) is 11.3.